The van der Waals surface area contributed by atoms with E-state index in [2.05, 4.69) is 24.4 Å². The van der Waals surface area contributed by atoms with E-state index in [9.17, 15) is 4.79 Å². The second-order valence-corrected chi connectivity index (χ2v) is 7.43. The predicted octanol–water partition coefficient (Wildman–Crippen LogP) is 2.89. The molecule has 126 valence electrons. The smallest absolute Gasteiger partial charge is 0.410 e. The fraction of sp³-hybridized carbons (Fsp3) is 0.611. The van der Waals surface area contributed by atoms with Crippen LogP contribution in [0.2, 0.25) is 0 Å². The molecule has 3 rings (SSSR count). The number of carbonyl (C=O) groups excluding carboxylic acids is 1. The summed E-state index contributed by atoms with van der Waals surface area (Å²) >= 11 is 0. The van der Waals surface area contributed by atoms with Gasteiger partial charge in [0.2, 0.25) is 0 Å². The normalized spacial score (nSPS) is 24.1. The van der Waals surface area contributed by atoms with Gasteiger partial charge in [0.05, 0.1) is 6.04 Å². The summed E-state index contributed by atoms with van der Waals surface area (Å²) in [7, 11) is 0. The monoisotopic (exact) mass is 318 g/mol. The first-order valence-corrected chi connectivity index (χ1v) is 8.32. The van der Waals surface area contributed by atoms with Crippen LogP contribution < -0.4 is 10.1 Å². The van der Waals surface area contributed by atoms with Crippen molar-refractivity contribution in [3.63, 3.8) is 0 Å². The Hall–Kier alpha value is -1.75. The minimum atomic E-state index is -0.460. The van der Waals surface area contributed by atoms with E-state index in [0.29, 0.717) is 13.1 Å². The Bertz CT molecular complexity index is 594. The van der Waals surface area contributed by atoms with E-state index in [1.807, 2.05) is 26.8 Å². The molecule has 5 nitrogen and oxygen atoms in total. The van der Waals surface area contributed by atoms with Crippen molar-refractivity contribution in [3.8, 4) is 5.75 Å². The lowest BCUT2D eigenvalue weighted by atomic mass is 10.00. The van der Waals surface area contributed by atoms with Crippen molar-refractivity contribution >= 4 is 6.09 Å². The van der Waals surface area contributed by atoms with E-state index in [1.165, 1.54) is 11.1 Å². The van der Waals surface area contributed by atoms with Crippen LogP contribution in [-0.4, -0.2) is 42.3 Å². The molecule has 1 N–H and O–H groups in total. The highest BCUT2D eigenvalue weighted by Crippen LogP contribution is 2.31. The molecule has 1 aromatic carbocycles. The summed E-state index contributed by atoms with van der Waals surface area (Å²) < 4.78 is 11.2. The molecule has 23 heavy (non-hydrogen) atoms. The van der Waals surface area contributed by atoms with Gasteiger partial charge in [-0.1, -0.05) is 12.1 Å². The molecule has 1 amide bonds. The first kappa shape index (κ1) is 16.1. The predicted molar refractivity (Wildman–Crippen MR) is 88.8 cm³/mol. The molecule has 0 spiro atoms. The van der Waals surface area contributed by atoms with Gasteiger partial charge in [-0.05, 0) is 44.9 Å². The van der Waals surface area contributed by atoms with E-state index in [-0.39, 0.29) is 18.2 Å². The molecule has 0 bridgehead atoms. The zero-order valence-electron chi connectivity index (χ0n) is 14.4. The summed E-state index contributed by atoms with van der Waals surface area (Å²) in [4.78, 5) is 14.1. The van der Waals surface area contributed by atoms with E-state index in [1.54, 1.807) is 4.90 Å². The van der Waals surface area contributed by atoms with Gasteiger partial charge in [0, 0.05) is 26.1 Å². The fourth-order valence-corrected chi connectivity index (χ4v) is 3.12. The molecular weight excluding hydrogens is 292 g/mol. The van der Waals surface area contributed by atoms with Gasteiger partial charge in [-0.2, -0.15) is 0 Å². The summed E-state index contributed by atoms with van der Waals surface area (Å²) in [5.74, 6) is 0.987. The molecule has 0 aliphatic carbocycles. The summed E-state index contributed by atoms with van der Waals surface area (Å²) in [6, 6.07) is 6.47. The molecule has 1 aromatic rings. The average molecular weight is 318 g/mol. The second-order valence-electron chi connectivity index (χ2n) is 7.43. The highest BCUT2D eigenvalue weighted by atomic mass is 16.6. The van der Waals surface area contributed by atoms with Gasteiger partial charge >= 0.3 is 6.09 Å². The van der Waals surface area contributed by atoms with Crippen LogP contribution in [0.4, 0.5) is 4.79 Å². The largest absolute Gasteiger partial charge is 0.490 e. The molecule has 5 heteroatoms. The third-order valence-corrected chi connectivity index (χ3v) is 4.15. The van der Waals surface area contributed by atoms with E-state index >= 15 is 0 Å². The number of hydrogen-bond donors (Lipinski definition) is 1. The Morgan fingerprint density at radius 3 is 2.91 bits per heavy atom. The van der Waals surface area contributed by atoms with Gasteiger partial charge in [0.15, 0.2) is 0 Å². The third kappa shape index (κ3) is 3.78. The van der Waals surface area contributed by atoms with Gasteiger partial charge in [-0.25, -0.2) is 4.79 Å². The molecular formula is C18H26N2O3. The van der Waals surface area contributed by atoms with Gasteiger partial charge in [0.1, 0.15) is 17.5 Å². The molecule has 2 atom stereocenters. The minimum Gasteiger partial charge on any atom is -0.490 e. The first-order chi connectivity index (χ1) is 10.8. The Kier molecular flexibility index (Phi) is 4.23. The van der Waals surface area contributed by atoms with Crippen LogP contribution in [-0.2, 0) is 11.2 Å². The summed E-state index contributed by atoms with van der Waals surface area (Å²) in [5.41, 5.74) is 2.00. The number of benzene rings is 1. The number of hydrogen-bond acceptors (Lipinski definition) is 4. The van der Waals surface area contributed by atoms with E-state index in [0.717, 1.165) is 18.7 Å². The Balaban J connectivity index is 1.69. The molecule has 2 heterocycles. The van der Waals surface area contributed by atoms with Gasteiger partial charge < -0.3 is 19.7 Å². The number of nitrogens with zero attached hydrogens (tertiary/aromatic N) is 1. The van der Waals surface area contributed by atoms with Gasteiger partial charge in [-0.3, -0.25) is 0 Å². The number of piperazine rings is 1. The summed E-state index contributed by atoms with van der Waals surface area (Å²) in [6.07, 6.45) is 0.964. The number of rotatable bonds is 1. The first-order valence-electron chi connectivity index (χ1n) is 8.32. The Morgan fingerprint density at radius 2 is 2.17 bits per heavy atom. The zero-order chi connectivity index (χ0) is 16.6. The maximum atomic E-state index is 12.3. The number of carbonyl (C=O) groups is 1. The lowest BCUT2D eigenvalue weighted by molar-refractivity contribution is 0.0195. The Morgan fingerprint density at radius 1 is 1.39 bits per heavy atom. The van der Waals surface area contributed by atoms with Crippen molar-refractivity contribution in [3.05, 3.63) is 29.3 Å². The molecule has 0 saturated carbocycles. The Labute approximate surface area is 137 Å². The summed E-state index contributed by atoms with van der Waals surface area (Å²) in [6.45, 7) is 9.85. The van der Waals surface area contributed by atoms with Crippen molar-refractivity contribution in [1.29, 1.82) is 0 Å². The van der Waals surface area contributed by atoms with Crippen molar-refractivity contribution in [2.75, 3.05) is 19.6 Å². The lowest BCUT2D eigenvalue weighted by Crippen LogP contribution is -2.49. The van der Waals surface area contributed by atoms with Crippen molar-refractivity contribution < 1.29 is 14.3 Å². The fourth-order valence-electron chi connectivity index (χ4n) is 3.12. The maximum absolute atomic E-state index is 12.3. The molecule has 2 aliphatic heterocycles. The van der Waals surface area contributed by atoms with Crippen LogP contribution in [0.1, 0.15) is 44.9 Å². The standard InChI is InChI=1S/C18H26N2O3/c1-12-9-14-10-13(5-6-16(14)22-12)15-11-20(8-7-19-15)17(21)23-18(2,3)4/h5-6,10,12,15,19H,7-9,11H2,1-4H3. The van der Waals surface area contributed by atoms with Crippen LogP contribution in [0.15, 0.2) is 18.2 Å². The zero-order valence-corrected chi connectivity index (χ0v) is 14.4. The van der Waals surface area contributed by atoms with Crippen LogP contribution in [0.5, 0.6) is 5.75 Å². The number of fused-ring (bicyclic) bond motifs is 1. The summed E-state index contributed by atoms with van der Waals surface area (Å²) in [5, 5.41) is 3.50. The van der Waals surface area contributed by atoms with Crippen LogP contribution in [0.3, 0.4) is 0 Å². The molecule has 2 unspecified atom stereocenters. The molecule has 2 aliphatic rings. The number of nitrogens with one attached hydrogen (secondary N) is 1. The quantitative estimate of drug-likeness (QED) is 0.865. The SMILES string of the molecule is CC1Cc2cc(C3CN(C(=O)OC(C)(C)C)CCN3)ccc2O1. The van der Waals surface area contributed by atoms with Crippen LogP contribution >= 0.6 is 0 Å². The average Bonchev–Trinajstić information content (AvgIpc) is 2.84. The van der Waals surface area contributed by atoms with Crippen LogP contribution in [0, 0.1) is 0 Å². The second kappa shape index (κ2) is 6.04. The highest BCUT2D eigenvalue weighted by Gasteiger charge is 2.29. The van der Waals surface area contributed by atoms with Gasteiger partial charge in [-0.15, -0.1) is 0 Å². The third-order valence-electron chi connectivity index (χ3n) is 4.15. The number of ether oxygens (including phenoxy) is 2. The van der Waals surface area contributed by atoms with Crippen molar-refractivity contribution in [1.82, 2.24) is 10.2 Å². The van der Waals surface area contributed by atoms with Gasteiger partial charge in [0.25, 0.3) is 0 Å². The van der Waals surface area contributed by atoms with Crippen molar-refractivity contribution in [2.45, 2.75) is 51.9 Å². The highest BCUT2D eigenvalue weighted by molar-refractivity contribution is 5.68. The molecule has 0 radical (unpaired) electrons. The van der Waals surface area contributed by atoms with E-state index < -0.39 is 5.60 Å². The molecule has 1 fully saturated rings. The topological polar surface area (TPSA) is 50.8 Å². The molecule has 0 aromatic heterocycles. The number of amides is 1. The van der Waals surface area contributed by atoms with E-state index in [4.69, 9.17) is 9.47 Å². The van der Waals surface area contributed by atoms with Crippen LogP contribution in [0.25, 0.3) is 0 Å². The molecule has 1 saturated heterocycles. The maximum Gasteiger partial charge on any atom is 0.410 e. The lowest BCUT2D eigenvalue weighted by Gasteiger charge is -2.35. The minimum absolute atomic E-state index is 0.137. The van der Waals surface area contributed by atoms with Crippen molar-refractivity contribution in [2.24, 2.45) is 0 Å².